The summed E-state index contributed by atoms with van der Waals surface area (Å²) in [4.78, 5) is 11.6. The van der Waals surface area contributed by atoms with E-state index in [1.165, 1.54) is 5.56 Å². The van der Waals surface area contributed by atoms with Gasteiger partial charge in [-0.2, -0.15) is 0 Å². The van der Waals surface area contributed by atoms with Crippen molar-refractivity contribution in [2.75, 3.05) is 6.54 Å². The average Bonchev–Trinajstić information content (AvgIpc) is 2.41. The number of nitrogens with one attached hydrogen (secondary N) is 1. The summed E-state index contributed by atoms with van der Waals surface area (Å²) in [7, 11) is 0. The minimum Gasteiger partial charge on any atom is -0.444 e. The summed E-state index contributed by atoms with van der Waals surface area (Å²) in [5.41, 5.74) is 2.27. The maximum Gasteiger partial charge on any atom is 0.407 e. The molecule has 0 saturated carbocycles. The number of benzene rings is 1. The second-order valence-electron chi connectivity index (χ2n) is 7.75. The fourth-order valence-corrected chi connectivity index (χ4v) is 2.02. The van der Waals surface area contributed by atoms with E-state index in [9.17, 15) is 9.18 Å². The zero-order valence-electron chi connectivity index (χ0n) is 15.0. The predicted octanol–water partition coefficient (Wildman–Crippen LogP) is 4.90. The molecule has 0 aliphatic rings. The largest absolute Gasteiger partial charge is 0.444 e. The number of rotatable bonds is 4. The lowest BCUT2D eigenvalue weighted by Gasteiger charge is -2.20. The van der Waals surface area contributed by atoms with Gasteiger partial charge in [0.2, 0.25) is 0 Å². The Hall–Kier alpha value is -1.84. The van der Waals surface area contributed by atoms with E-state index in [0.29, 0.717) is 18.3 Å². The van der Waals surface area contributed by atoms with Crippen molar-refractivity contribution in [2.24, 2.45) is 0 Å². The fourth-order valence-electron chi connectivity index (χ4n) is 2.02. The van der Waals surface area contributed by atoms with Gasteiger partial charge in [-0.1, -0.05) is 45.0 Å². The second kappa shape index (κ2) is 7.62. The van der Waals surface area contributed by atoms with E-state index in [0.717, 1.165) is 5.56 Å². The second-order valence-corrected chi connectivity index (χ2v) is 7.75. The number of hydrogen-bond donors (Lipinski definition) is 1. The van der Waals surface area contributed by atoms with E-state index >= 15 is 0 Å². The molecule has 3 nitrogen and oxygen atoms in total. The number of halogens is 1. The standard InChI is InChI=1S/C19H28FNO2/c1-18(2,3)16-9-7-14(8-10-16)11-15(12-20)13-21-17(22)23-19(4,5)6/h7-10,12H,11,13H2,1-6H3,(H,21,22). The maximum absolute atomic E-state index is 13.0. The normalized spacial score (nSPS) is 12.9. The van der Waals surface area contributed by atoms with Gasteiger partial charge < -0.3 is 10.1 Å². The third-order valence-electron chi connectivity index (χ3n) is 3.26. The van der Waals surface area contributed by atoms with Crippen molar-refractivity contribution in [3.8, 4) is 0 Å². The molecule has 4 heteroatoms. The maximum atomic E-state index is 13.0. The molecule has 1 rings (SSSR count). The predicted molar refractivity (Wildman–Crippen MR) is 92.3 cm³/mol. The summed E-state index contributed by atoms with van der Waals surface area (Å²) in [6.45, 7) is 11.9. The van der Waals surface area contributed by atoms with Gasteiger partial charge in [0.15, 0.2) is 0 Å². The lowest BCUT2D eigenvalue weighted by atomic mass is 9.86. The Morgan fingerprint density at radius 2 is 1.70 bits per heavy atom. The summed E-state index contributed by atoms with van der Waals surface area (Å²) in [5.74, 6) is 0. The Morgan fingerprint density at radius 1 is 1.13 bits per heavy atom. The third kappa shape index (κ3) is 7.31. The molecule has 0 aliphatic heterocycles. The molecule has 0 unspecified atom stereocenters. The van der Waals surface area contributed by atoms with Crippen LogP contribution in [0.15, 0.2) is 36.2 Å². The summed E-state index contributed by atoms with van der Waals surface area (Å²) in [6.07, 6.45) is 0.464. The van der Waals surface area contributed by atoms with Gasteiger partial charge in [0.25, 0.3) is 0 Å². The lowest BCUT2D eigenvalue weighted by molar-refractivity contribution is 0.0532. The highest BCUT2D eigenvalue weighted by Crippen LogP contribution is 2.22. The highest BCUT2D eigenvalue weighted by Gasteiger charge is 2.16. The number of amides is 1. The van der Waals surface area contributed by atoms with Gasteiger partial charge in [-0.25, -0.2) is 9.18 Å². The van der Waals surface area contributed by atoms with Crippen LogP contribution in [0.2, 0.25) is 0 Å². The molecule has 0 aliphatic carbocycles. The van der Waals surface area contributed by atoms with Crippen molar-refractivity contribution in [3.63, 3.8) is 0 Å². The van der Waals surface area contributed by atoms with Gasteiger partial charge >= 0.3 is 6.09 Å². The molecule has 0 aromatic heterocycles. The van der Waals surface area contributed by atoms with Crippen LogP contribution in [0.25, 0.3) is 0 Å². The molecule has 0 radical (unpaired) electrons. The van der Waals surface area contributed by atoms with Crippen LogP contribution in [0, 0.1) is 0 Å². The summed E-state index contributed by atoms with van der Waals surface area (Å²) >= 11 is 0. The molecule has 0 atom stereocenters. The van der Waals surface area contributed by atoms with E-state index in [1.54, 1.807) is 20.8 Å². The highest BCUT2D eigenvalue weighted by atomic mass is 19.1. The molecule has 0 fully saturated rings. The number of hydrogen-bond acceptors (Lipinski definition) is 2. The first kappa shape index (κ1) is 19.2. The molecule has 1 N–H and O–H groups in total. The van der Waals surface area contributed by atoms with Crippen molar-refractivity contribution < 1.29 is 13.9 Å². The summed E-state index contributed by atoms with van der Waals surface area (Å²) < 4.78 is 18.2. The minimum atomic E-state index is -0.563. The van der Waals surface area contributed by atoms with Crippen LogP contribution in [0.3, 0.4) is 0 Å². The number of carbonyl (C=O) groups excluding carboxylic acids is 1. The SMILES string of the molecule is CC(C)(C)OC(=O)NCC(=CF)Cc1ccc(C(C)(C)C)cc1. The summed E-state index contributed by atoms with van der Waals surface area (Å²) in [6, 6.07) is 8.12. The first-order valence-corrected chi connectivity index (χ1v) is 7.85. The topological polar surface area (TPSA) is 38.3 Å². The zero-order valence-corrected chi connectivity index (χ0v) is 15.0. The smallest absolute Gasteiger partial charge is 0.407 e. The van der Waals surface area contributed by atoms with Crippen LogP contribution >= 0.6 is 0 Å². The quantitative estimate of drug-likeness (QED) is 0.856. The van der Waals surface area contributed by atoms with Crippen LogP contribution in [0.4, 0.5) is 9.18 Å². The van der Waals surface area contributed by atoms with Crippen molar-refractivity contribution in [1.29, 1.82) is 0 Å². The average molecular weight is 321 g/mol. The number of ether oxygens (including phenoxy) is 1. The Labute approximate surface area is 138 Å². The molecule has 0 spiro atoms. The third-order valence-corrected chi connectivity index (χ3v) is 3.26. The highest BCUT2D eigenvalue weighted by molar-refractivity contribution is 5.68. The summed E-state index contributed by atoms with van der Waals surface area (Å²) in [5, 5.41) is 2.58. The lowest BCUT2D eigenvalue weighted by Crippen LogP contribution is -2.33. The number of carbonyl (C=O) groups is 1. The van der Waals surface area contributed by atoms with Gasteiger partial charge in [0.1, 0.15) is 5.60 Å². The molecular formula is C19H28FNO2. The van der Waals surface area contributed by atoms with Crippen LogP contribution in [-0.4, -0.2) is 18.2 Å². The van der Waals surface area contributed by atoms with E-state index in [4.69, 9.17) is 4.74 Å². The van der Waals surface area contributed by atoms with Gasteiger partial charge in [-0.15, -0.1) is 0 Å². The van der Waals surface area contributed by atoms with Crippen LogP contribution in [-0.2, 0) is 16.6 Å². The van der Waals surface area contributed by atoms with Gasteiger partial charge in [0, 0.05) is 6.54 Å². The van der Waals surface area contributed by atoms with Crippen molar-refractivity contribution in [1.82, 2.24) is 5.32 Å². The molecule has 0 heterocycles. The monoisotopic (exact) mass is 321 g/mol. The minimum absolute atomic E-state index is 0.0928. The van der Waals surface area contributed by atoms with E-state index < -0.39 is 11.7 Å². The molecule has 1 aromatic rings. The fraction of sp³-hybridized carbons (Fsp3) is 0.526. The Bertz CT molecular complexity index is 548. The van der Waals surface area contributed by atoms with Crippen molar-refractivity contribution in [3.05, 3.63) is 47.3 Å². The van der Waals surface area contributed by atoms with Crippen molar-refractivity contribution >= 4 is 6.09 Å². The van der Waals surface area contributed by atoms with Crippen molar-refractivity contribution in [2.45, 2.75) is 59.0 Å². The Kier molecular flexibility index (Phi) is 6.37. The number of alkyl carbamates (subject to hydrolysis) is 1. The first-order valence-electron chi connectivity index (χ1n) is 7.85. The van der Waals surface area contributed by atoms with Crippen LogP contribution in [0.1, 0.15) is 52.7 Å². The molecule has 0 bridgehead atoms. The molecular weight excluding hydrogens is 293 g/mol. The van der Waals surface area contributed by atoms with E-state index in [1.807, 2.05) is 12.1 Å². The molecule has 1 amide bonds. The van der Waals surface area contributed by atoms with Gasteiger partial charge in [0.05, 0.1) is 6.33 Å². The molecule has 1 aromatic carbocycles. The van der Waals surface area contributed by atoms with Gasteiger partial charge in [-0.3, -0.25) is 0 Å². The van der Waals surface area contributed by atoms with Gasteiger partial charge in [-0.05, 0) is 49.3 Å². The molecule has 128 valence electrons. The first-order chi connectivity index (χ1) is 10.5. The van der Waals surface area contributed by atoms with E-state index in [2.05, 4.69) is 38.2 Å². The zero-order chi connectivity index (χ0) is 17.7. The van der Waals surface area contributed by atoms with Crippen LogP contribution in [0.5, 0.6) is 0 Å². The van der Waals surface area contributed by atoms with E-state index in [-0.39, 0.29) is 12.0 Å². The Balaban J connectivity index is 2.59. The molecule has 0 saturated heterocycles. The Morgan fingerprint density at radius 3 is 2.13 bits per heavy atom. The van der Waals surface area contributed by atoms with Crippen LogP contribution < -0.4 is 5.32 Å². The molecule has 23 heavy (non-hydrogen) atoms.